The van der Waals surface area contributed by atoms with Gasteiger partial charge in [0.1, 0.15) is 0 Å². The number of alkyl halides is 3. The summed E-state index contributed by atoms with van der Waals surface area (Å²) >= 11 is 0. The number of hydrogen-bond acceptors (Lipinski definition) is 3. The van der Waals surface area contributed by atoms with Crippen molar-refractivity contribution in [1.29, 1.82) is 0 Å². The lowest BCUT2D eigenvalue weighted by Gasteiger charge is -2.16. The zero-order valence-electron chi connectivity index (χ0n) is 7.35. The van der Waals surface area contributed by atoms with Crippen molar-refractivity contribution in [3.05, 3.63) is 0 Å². The maximum atomic E-state index is 11.8. The van der Waals surface area contributed by atoms with E-state index in [-0.39, 0.29) is 13.2 Å². The normalized spacial score (nSPS) is 12.2. The van der Waals surface area contributed by atoms with Crippen molar-refractivity contribution in [2.75, 3.05) is 13.2 Å². The zero-order chi connectivity index (χ0) is 10.5. The van der Waals surface area contributed by atoms with Gasteiger partial charge in [-0.05, 0) is 13.8 Å². The van der Waals surface area contributed by atoms with Gasteiger partial charge in [0.05, 0.1) is 0 Å². The summed E-state index contributed by atoms with van der Waals surface area (Å²) in [6.45, 7) is 2.95. The molecule has 0 aromatic carbocycles. The molecule has 6 heteroatoms. The van der Waals surface area contributed by atoms with Gasteiger partial charge in [-0.15, -0.1) is 0 Å². The molecule has 3 nitrogen and oxygen atoms in total. The summed E-state index contributed by atoms with van der Waals surface area (Å²) in [5.74, 6) is -2.00. The number of carbonyl (C=O) groups excluding carboxylic acids is 1. The largest absolute Gasteiger partial charge is 0.455 e. The second-order valence-corrected chi connectivity index (χ2v) is 2.10. The van der Waals surface area contributed by atoms with Gasteiger partial charge in [0.2, 0.25) is 6.29 Å². The van der Waals surface area contributed by atoms with Crippen LogP contribution in [-0.2, 0) is 14.3 Å². The number of hydrogen-bond donors (Lipinski definition) is 0. The van der Waals surface area contributed by atoms with Crippen molar-refractivity contribution >= 4 is 5.78 Å². The molecule has 0 aliphatic carbocycles. The SMILES string of the molecule is CCOC(OCC)C(=O)C(F)(F)F. The van der Waals surface area contributed by atoms with Gasteiger partial charge in [0.15, 0.2) is 0 Å². The van der Waals surface area contributed by atoms with E-state index in [1.54, 1.807) is 0 Å². The first-order valence-electron chi connectivity index (χ1n) is 3.77. The predicted octanol–water partition coefficient (Wildman–Crippen LogP) is 1.52. The summed E-state index contributed by atoms with van der Waals surface area (Å²) in [7, 11) is 0. The molecule has 0 amide bonds. The summed E-state index contributed by atoms with van der Waals surface area (Å²) in [4.78, 5) is 10.6. The highest BCUT2D eigenvalue weighted by molar-refractivity contribution is 5.87. The van der Waals surface area contributed by atoms with Crippen LogP contribution in [0, 0.1) is 0 Å². The van der Waals surface area contributed by atoms with Crippen molar-refractivity contribution in [3.63, 3.8) is 0 Å². The smallest absolute Gasteiger partial charge is 0.346 e. The molecule has 0 aromatic heterocycles. The summed E-state index contributed by atoms with van der Waals surface area (Å²) in [6.07, 6.45) is -6.73. The fourth-order valence-corrected chi connectivity index (χ4v) is 0.636. The number of carbonyl (C=O) groups is 1. The summed E-state index contributed by atoms with van der Waals surface area (Å²) in [6, 6.07) is 0. The lowest BCUT2D eigenvalue weighted by atomic mass is 10.4. The van der Waals surface area contributed by atoms with Gasteiger partial charge in [0.25, 0.3) is 5.78 Å². The highest BCUT2D eigenvalue weighted by atomic mass is 19.4. The number of ether oxygens (including phenoxy) is 2. The molecule has 0 N–H and O–H groups in total. The maximum Gasteiger partial charge on any atom is 0.455 e. The zero-order valence-corrected chi connectivity index (χ0v) is 7.35. The Morgan fingerprint density at radius 2 is 1.62 bits per heavy atom. The van der Waals surface area contributed by atoms with E-state index in [0.29, 0.717) is 0 Å². The molecule has 13 heavy (non-hydrogen) atoms. The minimum atomic E-state index is -4.91. The molecule has 0 fully saturated rings. The monoisotopic (exact) mass is 200 g/mol. The van der Waals surface area contributed by atoms with E-state index in [4.69, 9.17) is 0 Å². The van der Waals surface area contributed by atoms with Gasteiger partial charge < -0.3 is 9.47 Å². The molecule has 0 spiro atoms. The number of rotatable bonds is 5. The minimum Gasteiger partial charge on any atom is -0.346 e. The van der Waals surface area contributed by atoms with Crippen LogP contribution >= 0.6 is 0 Å². The van der Waals surface area contributed by atoms with E-state index in [0.717, 1.165) is 0 Å². The van der Waals surface area contributed by atoms with E-state index in [2.05, 4.69) is 9.47 Å². The molecule has 78 valence electrons. The molecule has 0 bridgehead atoms. The van der Waals surface area contributed by atoms with E-state index < -0.39 is 18.2 Å². The summed E-state index contributed by atoms with van der Waals surface area (Å²) in [5, 5.41) is 0. The first kappa shape index (κ1) is 12.4. The number of ketones is 1. The van der Waals surface area contributed by atoms with Crippen molar-refractivity contribution in [2.24, 2.45) is 0 Å². The Labute approximate surface area is 73.8 Å². The van der Waals surface area contributed by atoms with E-state index in [1.165, 1.54) is 13.8 Å². The molecule has 0 saturated heterocycles. The molecule has 0 heterocycles. The van der Waals surface area contributed by atoms with Crippen LogP contribution in [0.3, 0.4) is 0 Å². The van der Waals surface area contributed by atoms with Crippen molar-refractivity contribution in [1.82, 2.24) is 0 Å². The van der Waals surface area contributed by atoms with Gasteiger partial charge in [-0.1, -0.05) is 0 Å². The molecular formula is C7H11F3O3. The number of Topliss-reactive ketones (excluding diaryl/α,β-unsaturated/α-hetero) is 1. The van der Waals surface area contributed by atoms with Crippen LogP contribution in [0.5, 0.6) is 0 Å². The van der Waals surface area contributed by atoms with Crippen LogP contribution in [0.1, 0.15) is 13.8 Å². The van der Waals surface area contributed by atoms with Crippen molar-refractivity contribution in [2.45, 2.75) is 26.3 Å². The Kier molecular flexibility index (Phi) is 4.94. The Hall–Kier alpha value is -0.620. The van der Waals surface area contributed by atoms with Crippen LogP contribution in [0.15, 0.2) is 0 Å². The van der Waals surface area contributed by atoms with Gasteiger partial charge in [-0.25, -0.2) is 0 Å². The van der Waals surface area contributed by atoms with Gasteiger partial charge in [-0.2, -0.15) is 13.2 Å². The average molecular weight is 200 g/mol. The second-order valence-electron chi connectivity index (χ2n) is 2.10. The third-order valence-corrected chi connectivity index (χ3v) is 1.13. The van der Waals surface area contributed by atoms with Crippen LogP contribution in [-0.4, -0.2) is 31.5 Å². The van der Waals surface area contributed by atoms with Gasteiger partial charge >= 0.3 is 6.18 Å². The molecule has 0 atom stereocenters. The number of halogens is 3. The average Bonchev–Trinajstić information content (AvgIpc) is 2.01. The summed E-state index contributed by atoms with van der Waals surface area (Å²) < 4.78 is 44.5. The fourth-order valence-electron chi connectivity index (χ4n) is 0.636. The third-order valence-electron chi connectivity index (χ3n) is 1.13. The van der Waals surface area contributed by atoms with Crippen molar-refractivity contribution < 1.29 is 27.4 Å². The van der Waals surface area contributed by atoms with Gasteiger partial charge in [0, 0.05) is 13.2 Å². The van der Waals surface area contributed by atoms with E-state index >= 15 is 0 Å². The fraction of sp³-hybridized carbons (Fsp3) is 0.857. The molecule has 0 unspecified atom stereocenters. The Bertz CT molecular complexity index is 161. The lowest BCUT2D eigenvalue weighted by molar-refractivity contribution is -0.210. The third kappa shape index (κ3) is 4.23. The molecule has 0 radical (unpaired) electrons. The van der Waals surface area contributed by atoms with Crippen LogP contribution in [0.4, 0.5) is 13.2 Å². The Morgan fingerprint density at radius 3 is 1.85 bits per heavy atom. The maximum absolute atomic E-state index is 11.8. The quantitative estimate of drug-likeness (QED) is 0.631. The molecule has 0 rings (SSSR count). The lowest BCUT2D eigenvalue weighted by Crippen LogP contribution is -2.38. The molecule has 0 aliphatic heterocycles. The molecule has 0 saturated carbocycles. The van der Waals surface area contributed by atoms with Crippen LogP contribution in [0.2, 0.25) is 0 Å². The highest BCUT2D eigenvalue weighted by Crippen LogP contribution is 2.19. The summed E-state index contributed by atoms with van der Waals surface area (Å²) in [5.41, 5.74) is 0. The molecule has 0 aliphatic rings. The second kappa shape index (κ2) is 5.18. The van der Waals surface area contributed by atoms with E-state index in [9.17, 15) is 18.0 Å². The first-order valence-corrected chi connectivity index (χ1v) is 3.77. The van der Waals surface area contributed by atoms with Crippen LogP contribution in [0.25, 0.3) is 0 Å². The Balaban J connectivity index is 4.27. The Morgan fingerprint density at radius 1 is 1.23 bits per heavy atom. The standard InChI is InChI=1S/C7H11F3O3/c1-3-12-6(13-4-2)5(11)7(8,9)10/h6H,3-4H2,1-2H3. The topological polar surface area (TPSA) is 35.5 Å². The highest BCUT2D eigenvalue weighted by Gasteiger charge is 2.44. The minimum absolute atomic E-state index is 0.00745. The van der Waals surface area contributed by atoms with Crippen molar-refractivity contribution in [3.8, 4) is 0 Å². The molecular weight excluding hydrogens is 189 g/mol. The predicted molar refractivity (Wildman–Crippen MR) is 38.1 cm³/mol. The van der Waals surface area contributed by atoms with Crippen LogP contribution < -0.4 is 0 Å². The molecule has 0 aromatic rings. The first-order chi connectivity index (χ1) is 5.93. The van der Waals surface area contributed by atoms with E-state index in [1.807, 2.05) is 0 Å². The van der Waals surface area contributed by atoms with Gasteiger partial charge in [-0.3, -0.25) is 4.79 Å².